The van der Waals surface area contributed by atoms with Crippen LogP contribution >= 0.6 is 0 Å². The summed E-state index contributed by atoms with van der Waals surface area (Å²) in [5.41, 5.74) is 0.349. The van der Waals surface area contributed by atoms with Gasteiger partial charge >= 0.3 is 0 Å². The van der Waals surface area contributed by atoms with E-state index in [1.807, 2.05) is 13.8 Å². The molecule has 3 nitrogen and oxygen atoms in total. The average molecular weight is 269 g/mol. The van der Waals surface area contributed by atoms with Crippen molar-refractivity contribution in [1.29, 1.82) is 0 Å². The SMILES string of the molecule is C#CC(NS(=O)(=O)c1ccc(F)cc1C)C(C)C. The fourth-order valence-electron chi connectivity index (χ4n) is 1.51. The van der Waals surface area contributed by atoms with Gasteiger partial charge in [-0.2, -0.15) is 4.72 Å². The Kier molecular flexibility index (Phi) is 4.49. The van der Waals surface area contributed by atoms with Gasteiger partial charge in [0.1, 0.15) is 5.82 Å². The van der Waals surface area contributed by atoms with Crippen LogP contribution in [0.4, 0.5) is 4.39 Å². The van der Waals surface area contributed by atoms with Crippen molar-refractivity contribution in [1.82, 2.24) is 4.72 Å². The summed E-state index contributed by atoms with van der Waals surface area (Å²) in [5.74, 6) is 1.90. The number of halogens is 1. The summed E-state index contributed by atoms with van der Waals surface area (Å²) < 4.78 is 39.6. The molecule has 0 radical (unpaired) electrons. The first-order valence-corrected chi connectivity index (χ1v) is 7.01. The van der Waals surface area contributed by atoms with Crippen LogP contribution in [0.25, 0.3) is 0 Å². The zero-order valence-corrected chi connectivity index (χ0v) is 11.4. The molecular weight excluding hydrogens is 253 g/mol. The van der Waals surface area contributed by atoms with Crippen molar-refractivity contribution >= 4 is 10.0 Å². The van der Waals surface area contributed by atoms with Gasteiger partial charge in [-0.3, -0.25) is 0 Å². The molecule has 0 amide bonds. The van der Waals surface area contributed by atoms with Gasteiger partial charge in [-0.1, -0.05) is 19.8 Å². The molecule has 0 fully saturated rings. The molecule has 0 spiro atoms. The lowest BCUT2D eigenvalue weighted by Gasteiger charge is -2.17. The van der Waals surface area contributed by atoms with Crippen molar-refractivity contribution in [3.8, 4) is 12.3 Å². The third-order valence-electron chi connectivity index (χ3n) is 2.55. The molecule has 1 aromatic rings. The molecule has 1 N–H and O–H groups in total. The second kappa shape index (κ2) is 5.51. The zero-order chi connectivity index (χ0) is 13.9. The van der Waals surface area contributed by atoms with Gasteiger partial charge in [0.15, 0.2) is 0 Å². The van der Waals surface area contributed by atoms with Gasteiger partial charge in [0.05, 0.1) is 10.9 Å². The molecule has 5 heteroatoms. The second-order valence-corrected chi connectivity index (χ2v) is 6.10. The maximum Gasteiger partial charge on any atom is 0.241 e. The molecule has 0 heterocycles. The van der Waals surface area contributed by atoms with Crippen LogP contribution in [-0.4, -0.2) is 14.5 Å². The minimum Gasteiger partial charge on any atom is -0.207 e. The van der Waals surface area contributed by atoms with E-state index >= 15 is 0 Å². The lowest BCUT2D eigenvalue weighted by Crippen LogP contribution is -2.37. The Hall–Kier alpha value is -1.38. The lowest BCUT2D eigenvalue weighted by molar-refractivity contribution is 0.518. The predicted molar refractivity (Wildman–Crippen MR) is 68.9 cm³/mol. The predicted octanol–water partition coefficient (Wildman–Crippen LogP) is 2.07. The van der Waals surface area contributed by atoms with E-state index in [0.717, 1.165) is 6.07 Å². The van der Waals surface area contributed by atoms with Crippen LogP contribution in [0.3, 0.4) is 0 Å². The standard InChI is InChI=1S/C13H16FNO2S/c1-5-12(9(2)3)15-18(16,17)13-7-6-11(14)8-10(13)4/h1,6-9,12,15H,2-4H3. The molecular formula is C13H16FNO2S. The van der Waals surface area contributed by atoms with Gasteiger partial charge in [-0.15, -0.1) is 6.42 Å². The van der Waals surface area contributed by atoms with Crippen LogP contribution in [0.1, 0.15) is 19.4 Å². The topological polar surface area (TPSA) is 46.2 Å². The Morgan fingerprint density at radius 1 is 1.39 bits per heavy atom. The minimum atomic E-state index is -3.72. The lowest BCUT2D eigenvalue weighted by atomic mass is 10.1. The fraction of sp³-hybridized carbons (Fsp3) is 0.385. The van der Waals surface area contributed by atoms with Crippen LogP contribution in [0.15, 0.2) is 23.1 Å². The van der Waals surface area contributed by atoms with Crippen LogP contribution < -0.4 is 4.72 Å². The summed E-state index contributed by atoms with van der Waals surface area (Å²) >= 11 is 0. The third kappa shape index (κ3) is 3.31. The Morgan fingerprint density at radius 3 is 2.44 bits per heavy atom. The molecule has 1 atom stereocenters. The highest BCUT2D eigenvalue weighted by Gasteiger charge is 2.22. The van der Waals surface area contributed by atoms with E-state index in [0.29, 0.717) is 5.56 Å². The Morgan fingerprint density at radius 2 is 2.00 bits per heavy atom. The van der Waals surface area contributed by atoms with Gasteiger partial charge in [-0.05, 0) is 36.6 Å². The molecule has 0 aliphatic heterocycles. The first kappa shape index (κ1) is 14.7. The Balaban J connectivity index is 3.11. The smallest absolute Gasteiger partial charge is 0.207 e. The molecule has 0 saturated heterocycles. The summed E-state index contributed by atoms with van der Waals surface area (Å²) in [6, 6.07) is 2.94. The maximum absolute atomic E-state index is 12.9. The van der Waals surface area contributed by atoms with E-state index in [1.165, 1.54) is 19.1 Å². The third-order valence-corrected chi connectivity index (χ3v) is 4.16. The average Bonchev–Trinajstić information content (AvgIpc) is 2.24. The first-order chi connectivity index (χ1) is 8.27. The molecule has 98 valence electrons. The number of aryl methyl sites for hydroxylation is 1. The quantitative estimate of drug-likeness (QED) is 0.851. The number of hydrogen-bond acceptors (Lipinski definition) is 2. The zero-order valence-electron chi connectivity index (χ0n) is 10.6. The van der Waals surface area contributed by atoms with Gasteiger partial charge < -0.3 is 0 Å². The van der Waals surface area contributed by atoms with Crippen molar-refractivity contribution in [2.75, 3.05) is 0 Å². The van der Waals surface area contributed by atoms with Crippen molar-refractivity contribution < 1.29 is 12.8 Å². The molecule has 0 aromatic heterocycles. The summed E-state index contributed by atoms with van der Waals surface area (Å²) in [4.78, 5) is 0.0461. The minimum absolute atomic E-state index is 0.0227. The molecule has 18 heavy (non-hydrogen) atoms. The number of terminal acetylenes is 1. The van der Waals surface area contributed by atoms with Gasteiger partial charge in [0, 0.05) is 0 Å². The highest BCUT2D eigenvalue weighted by molar-refractivity contribution is 7.89. The van der Waals surface area contributed by atoms with Crippen molar-refractivity contribution in [2.45, 2.75) is 31.7 Å². The number of benzene rings is 1. The molecule has 1 rings (SSSR count). The summed E-state index contributed by atoms with van der Waals surface area (Å²) in [7, 11) is -3.72. The first-order valence-electron chi connectivity index (χ1n) is 5.52. The van der Waals surface area contributed by atoms with Crippen LogP contribution in [-0.2, 0) is 10.0 Å². The van der Waals surface area contributed by atoms with Crippen LogP contribution in [0.5, 0.6) is 0 Å². The summed E-state index contributed by atoms with van der Waals surface area (Å²) in [5, 5.41) is 0. The Bertz CT molecular complexity index is 573. The second-order valence-electron chi connectivity index (χ2n) is 4.42. The van der Waals surface area contributed by atoms with E-state index in [-0.39, 0.29) is 10.8 Å². The number of nitrogens with one attached hydrogen (secondary N) is 1. The maximum atomic E-state index is 12.9. The largest absolute Gasteiger partial charge is 0.241 e. The fourth-order valence-corrected chi connectivity index (χ4v) is 3.04. The molecule has 0 aliphatic carbocycles. The molecule has 1 aromatic carbocycles. The summed E-state index contributed by atoms with van der Waals surface area (Å²) in [6.45, 7) is 5.19. The van der Waals surface area contributed by atoms with Crippen molar-refractivity contribution in [3.05, 3.63) is 29.6 Å². The van der Waals surface area contributed by atoms with Crippen LogP contribution in [0, 0.1) is 31.0 Å². The molecule has 0 bridgehead atoms. The summed E-state index contributed by atoms with van der Waals surface area (Å²) in [6.07, 6.45) is 5.28. The van der Waals surface area contributed by atoms with E-state index < -0.39 is 21.9 Å². The van der Waals surface area contributed by atoms with Gasteiger partial charge in [0.25, 0.3) is 0 Å². The van der Waals surface area contributed by atoms with E-state index in [9.17, 15) is 12.8 Å². The van der Waals surface area contributed by atoms with E-state index in [4.69, 9.17) is 6.42 Å². The number of rotatable bonds is 4. The Labute approximate surface area is 107 Å². The van der Waals surface area contributed by atoms with Crippen molar-refractivity contribution in [3.63, 3.8) is 0 Å². The van der Waals surface area contributed by atoms with Crippen LogP contribution in [0.2, 0.25) is 0 Å². The highest BCUT2D eigenvalue weighted by atomic mass is 32.2. The molecule has 0 saturated carbocycles. The molecule has 0 aliphatic rings. The number of hydrogen-bond donors (Lipinski definition) is 1. The van der Waals surface area contributed by atoms with Gasteiger partial charge in [0.2, 0.25) is 10.0 Å². The van der Waals surface area contributed by atoms with E-state index in [2.05, 4.69) is 10.6 Å². The molecule has 1 unspecified atom stereocenters. The van der Waals surface area contributed by atoms with Crippen molar-refractivity contribution in [2.24, 2.45) is 5.92 Å². The highest BCUT2D eigenvalue weighted by Crippen LogP contribution is 2.17. The van der Waals surface area contributed by atoms with E-state index in [1.54, 1.807) is 0 Å². The number of sulfonamides is 1. The normalized spacial score (nSPS) is 13.3. The van der Waals surface area contributed by atoms with Gasteiger partial charge in [-0.25, -0.2) is 12.8 Å². The monoisotopic (exact) mass is 269 g/mol.